The van der Waals surface area contributed by atoms with Crippen LogP contribution in [0.5, 0.6) is 0 Å². The van der Waals surface area contributed by atoms with E-state index in [1.54, 1.807) is 17.6 Å². The van der Waals surface area contributed by atoms with Gasteiger partial charge in [-0.05, 0) is 37.7 Å². The number of thiazole rings is 1. The highest BCUT2D eigenvalue weighted by atomic mass is 32.1. The largest absolute Gasteiger partial charge is 0.468 e. The molecule has 3 rings (SSSR count). The molecule has 142 valence electrons. The highest BCUT2D eigenvalue weighted by molar-refractivity contribution is 7.15. The van der Waals surface area contributed by atoms with Crippen LogP contribution >= 0.6 is 11.3 Å². The minimum absolute atomic E-state index is 0.00106. The van der Waals surface area contributed by atoms with E-state index in [-0.39, 0.29) is 11.9 Å². The maximum Gasteiger partial charge on any atom is 0.271 e. The predicted molar refractivity (Wildman–Crippen MR) is 109 cm³/mol. The Kier molecular flexibility index (Phi) is 6.42. The number of carbonyl (C=O) groups is 1. The molecule has 0 aliphatic heterocycles. The molecule has 1 atom stereocenters. The molecule has 0 bridgehead atoms. The fourth-order valence-electron chi connectivity index (χ4n) is 3.19. The van der Waals surface area contributed by atoms with Gasteiger partial charge >= 0.3 is 0 Å². The first-order valence-electron chi connectivity index (χ1n) is 9.22. The van der Waals surface area contributed by atoms with E-state index in [1.807, 2.05) is 49.4 Å². The molecule has 5 nitrogen and oxygen atoms in total. The Morgan fingerprint density at radius 3 is 2.56 bits per heavy atom. The third kappa shape index (κ3) is 4.46. The second-order valence-electron chi connectivity index (χ2n) is 6.24. The molecule has 1 unspecified atom stereocenters. The number of aromatic nitrogens is 1. The molecule has 0 fully saturated rings. The lowest BCUT2D eigenvalue weighted by molar-refractivity contribution is 0.0926. The van der Waals surface area contributed by atoms with Gasteiger partial charge in [-0.15, -0.1) is 11.3 Å². The number of furan rings is 1. The van der Waals surface area contributed by atoms with Crippen molar-refractivity contribution in [2.45, 2.75) is 26.8 Å². The standard InChI is InChI=1S/C21H25N3O2S/c1-4-24(5-2)17(18-12-9-13-26-18)14-22-21(25)19-20(27-15(3)23-19)16-10-7-6-8-11-16/h6-13,17H,4-5,14H2,1-3H3,(H,22,25). The third-order valence-electron chi connectivity index (χ3n) is 4.57. The average molecular weight is 384 g/mol. The van der Waals surface area contributed by atoms with E-state index in [1.165, 1.54) is 0 Å². The Morgan fingerprint density at radius 2 is 1.93 bits per heavy atom. The summed E-state index contributed by atoms with van der Waals surface area (Å²) in [6, 6.07) is 13.8. The Labute approximate surface area is 164 Å². The number of rotatable bonds is 8. The monoisotopic (exact) mass is 383 g/mol. The van der Waals surface area contributed by atoms with Crippen molar-refractivity contribution in [3.8, 4) is 10.4 Å². The summed E-state index contributed by atoms with van der Waals surface area (Å²) in [4.78, 5) is 20.6. The van der Waals surface area contributed by atoms with Crippen molar-refractivity contribution in [2.75, 3.05) is 19.6 Å². The number of benzene rings is 1. The van der Waals surface area contributed by atoms with Crippen LogP contribution in [0.25, 0.3) is 10.4 Å². The smallest absolute Gasteiger partial charge is 0.271 e. The van der Waals surface area contributed by atoms with Crippen molar-refractivity contribution in [1.29, 1.82) is 0 Å². The number of amides is 1. The molecule has 2 heterocycles. The topological polar surface area (TPSA) is 58.4 Å². The molecule has 6 heteroatoms. The van der Waals surface area contributed by atoms with Gasteiger partial charge in [0.2, 0.25) is 0 Å². The lowest BCUT2D eigenvalue weighted by atomic mass is 10.1. The number of hydrogen-bond donors (Lipinski definition) is 1. The first-order chi connectivity index (χ1) is 13.1. The molecule has 0 aliphatic carbocycles. The van der Waals surface area contributed by atoms with Crippen LogP contribution in [0.15, 0.2) is 53.1 Å². The van der Waals surface area contributed by atoms with Gasteiger partial charge < -0.3 is 9.73 Å². The summed E-state index contributed by atoms with van der Waals surface area (Å²) < 4.78 is 5.61. The normalized spacial score (nSPS) is 12.3. The van der Waals surface area contributed by atoms with Gasteiger partial charge in [0.25, 0.3) is 5.91 Å². The molecular weight excluding hydrogens is 358 g/mol. The highest BCUT2D eigenvalue weighted by Crippen LogP contribution is 2.30. The molecule has 1 aromatic carbocycles. The van der Waals surface area contributed by atoms with Crippen LogP contribution in [0.3, 0.4) is 0 Å². The number of aryl methyl sites for hydroxylation is 1. The Hall–Kier alpha value is -2.44. The van der Waals surface area contributed by atoms with Crippen molar-refractivity contribution in [1.82, 2.24) is 15.2 Å². The predicted octanol–water partition coefficient (Wildman–Crippen LogP) is 4.52. The van der Waals surface area contributed by atoms with E-state index in [0.29, 0.717) is 12.2 Å². The van der Waals surface area contributed by atoms with E-state index < -0.39 is 0 Å². The van der Waals surface area contributed by atoms with Crippen molar-refractivity contribution >= 4 is 17.2 Å². The fraction of sp³-hybridized carbons (Fsp3) is 0.333. The van der Waals surface area contributed by atoms with Crippen LogP contribution in [0.4, 0.5) is 0 Å². The first-order valence-corrected chi connectivity index (χ1v) is 10.0. The van der Waals surface area contributed by atoms with Crippen LogP contribution in [0, 0.1) is 6.92 Å². The van der Waals surface area contributed by atoms with E-state index in [9.17, 15) is 4.79 Å². The molecule has 0 saturated carbocycles. The molecule has 0 saturated heterocycles. The summed E-state index contributed by atoms with van der Waals surface area (Å²) in [7, 11) is 0. The number of nitrogens with one attached hydrogen (secondary N) is 1. The molecule has 0 aliphatic rings. The highest BCUT2D eigenvalue weighted by Gasteiger charge is 2.23. The second-order valence-corrected chi connectivity index (χ2v) is 7.44. The van der Waals surface area contributed by atoms with Crippen LogP contribution in [0.2, 0.25) is 0 Å². The van der Waals surface area contributed by atoms with Gasteiger partial charge in [-0.25, -0.2) is 4.98 Å². The summed E-state index contributed by atoms with van der Waals surface area (Å²) in [6.45, 7) is 8.37. The zero-order valence-electron chi connectivity index (χ0n) is 15.9. The average Bonchev–Trinajstić information content (AvgIpc) is 3.35. The number of likely N-dealkylation sites (N-methyl/N-ethyl adjacent to an activating group) is 1. The Balaban J connectivity index is 1.79. The SMILES string of the molecule is CCN(CC)C(CNC(=O)c1nc(C)sc1-c1ccccc1)c1ccco1. The maximum atomic E-state index is 12.9. The fourth-order valence-corrected chi connectivity index (χ4v) is 4.12. The second kappa shape index (κ2) is 8.97. The third-order valence-corrected chi connectivity index (χ3v) is 5.59. The van der Waals surface area contributed by atoms with Gasteiger partial charge in [-0.2, -0.15) is 0 Å². The number of hydrogen-bond acceptors (Lipinski definition) is 5. The molecule has 1 amide bonds. The summed E-state index contributed by atoms with van der Waals surface area (Å²) in [5, 5.41) is 3.94. The van der Waals surface area contributed by atoms with Crippen molar-refractivity contribution in [3.05, 3.63) is 65.2 Å². The van der Waals surface area contributed by atoms with E-state index >= 15 is 0 Å². The van der Waals surface area contributed by atoms with E-state index in [4.69, 9.17) is 4.42 Å². The molecule has 3 aromatic rings. The number of carbonyl (C=O) groups excluding carboxylic acids is 1. The van der Waals surface area contributed by atoms with Crippen molar-refractivity contribution < 1.29 is 9.21 Å². The van der Waals surface area contributed by atoms with Gasteiger partial charge in [-0.3, -0.25) is 9.69 Å². The molecular formula is C21H25N3O2S. The minimum atomic E-state index is -0.151. The van der Waals surface area contributed by atoms with Crippen LogP contribution in [0.1, 0.15) is 41.1 Å². The van der Waals surface area contributed by atoms with Gasteiger partial charge in [0.05, 0.1) is 22.2 Å². The van der Waals surface area contributed by atoms with Gasteiger partial charge in [0.15, 0.2) is 0 Å². The Bertz CT molecular complexity index is 855. The summed E-state index contributed by atoms with van der Waals surface area (Å²) >= 11 is 1.54. The van der Waals surface area contributed by atoms with Crippen LogP contribution in [-0.4, -0.2) is 35.4 Å². The minimum Gasteiger partial charge on any atom is -0.468 e. The summed E-state index contributed by atoms with van der Waals surface area (Å²) in [5.41, 5.74) is 1.50. The summed E-state index contributed by atoms with van der Waals surface area (Å²) in [5.74, 6) is 0.707. The quantitative estimate of drug-likeness (QED) is 0.621. The van der Waals surface area contributed by atoms with Gasteiger partial charge in [-0.1, -0.05) is 44.2 Å². The van der Waals surface area contributed by atoms with E-state index in [0.717, 1.165) is 34.3 Å². The molecule has 0 spiro atoms. The first kappa shape index (κ1) is 19.3. The molecule has 1 N–H and O–H groups in total. The lowest BCUT2D eigenvalue weighted by Crippen LogP contribution is -2.38. The zero-order valence-corrected chi connectivity index (χ0v) is 16.8. The Morgan fingerprint density at radius 1 is 1.19 bits per heavy atom. The molecule has 2 aromatic heterocycles. The van der Waals surface area contributed by atoms with Gasteiger partial charge in [0, 0.05) is 6.54 Å². The number of nitrogens with zero attached hydrogens (tertiary/aromatic N) is 2. The molecule has 0 radical (unpaired) electrons. The zero-order chi connectivity index (χ0) is 19.2. The van der Waals surface area contributed by atoms with E-state index in [2.05, 4.69) is 29.0 Å². The maximum absolute atomic E-state index is 12.9. The van der Waals surface area contributed by atoms with Gasteiger partial charge in [0.1, 0.15) is 11.5 Å². The lowest BCUT2D eigenvalue weighted by Gasteiger charge is -2.28. The van der Waals surface area contributed by atoms with Crippen molar-refractivity contribution in [3.63, 3.8) is 0 Å². The summed E-state index contributed by atoms with van der Waals surface area (Å²) in [6.07, 6.45) is 1.67. The van der Waals surface area contributed by atoms with Crippen LogP contribution in [-0.2, 0) is 0 Å². The van der Waals surface area contributed by atoms with Crippen LogP contribution < -0.4 is 5.32 Å². The van der Waals surface area contributed by atoms with Crippen molar-refractivity contribution in [2.24, 2.45) is 0 Å². The molecule has 27 heavy (non-hydrogen) atoms.